The van der Waals surface area contributed by atoms with Crippen LogP contribution < -0.4 is 24.4 Å². The standard InChI is InChI=1S/C36H33FN2O6/c1-36(2)18-27-35(43-20-36)34(25-13-12-24(17-26(25)37)42-19-22-7-4-3-5-8-22)39(28-9-6-10-29(40)33(28)38-27)32(41)16-23-11-14-30-31(15-23)45-21-44-30/h3-15,17,34,38,40H,16,18-21H2,1-2H3. The smallest absolute Gasteiger partial charge is 0.232 e. The Hall–Kier alpha value is -5.18. The Kier molecular flexibility index (Phi) is 7.23. The van der Waals surface area contributed by atoms with Crippen LogP contribution in [0.15, 0.2) is 96.4 Å². The highest BCUT2D eigenvalue weighted by Crippen LogP contribution is 2.50. The van der Waals surface area contributed by atoms with E-state index in [-0.39, 0.29) is 42.5 Å². The first kappa shape index (κ1) is 28.6. The van der Waals surface area contributed by atoms with E-state index in [9.17, 15) is 9.90 Å². The molecule has 0 spiro atoms. The molecule has 0 aliphatic carbocycles. The molecule has 0 saturated heterocycles. The molecule has 7 rings (SSSR count). The maximum absolute atomic E-state index is 16.3. The van der Waals surface area contributed by atoms with Crippen LogP contribution in [-0.2, 0) is 22.6 Å². The zero-order chi connectivity index (χ0) is 31.1. The van der Waals surface area contributed by atoms with Crippen LogP contribution in [0.3, 0.4) is 0 Å². The molecule has 3 heterocycles. The largest absolute Gasteiger partial charge is 0.506 e. The molecular formula is C36H33FN2O6. The molecule has 0 saturated carbocycles. The fraction of sp³-hybridized carbons (Fsp3) is 0.250. The number of hydrogen-bond acceptors (Lipinski definition) is 7. The number of nitrogens with zero attached hydrogens (tertiary/aromatic N) is 1. The van der Waals surface area contributed by atoms with E-state index in [1.807, 2.05) is 36.4 Å². The molecular weight excluding hydrogens is 575 g/mol. The minimum Gasteiger partial charge on any atom is -0.506 e. The van der Waals surface area contributed by atoms with Gasteiger partial charge in [-0.15, -0.1) is 0 Å². The van der Waals surface area contributed by atoms with E-state index in [1.54, 1.807) is 42.5 Å². The van der Waals surface area contributed by atoms with E-state index in [2.05, 4.69) is 19.2 Å². The highest BCUT2D eigenvalue weighted by atomic mass is 19.1. The summed E-state index contributed by atoms with van der Waals surface area (Å²) in [7, 11) is 0. The number of aromatic hydroxyl groups is 1. The Balaban J connectivity index is 1.32. The van der Waals surface area contributed by atoms with Crippen molar-refractivity contribution in [2.75, 3.05) is 23.6 Å². The van der Waals surface area contributed by atoms with Crippen molar-refractivity contribution in [1.29, 1.82) is 0 Å². The first-order chi connectivity index (χ1) is 21.8. The molecule has 0 bridgehead atoms. The van der Waals surface area contributed by atoms with Crippen LogP contribution in [0, 0.1) is 11.2 Å². The van der Waals surface area contributed by atoms with Gasteiger partial charge in [0.25, 0.3) is 0 Å². The summed E-state index contributed by atoms with van der Waals surface area (Å²) in [5.41, 5.74) is 3.11. The van der Waals surface area contributed by atoms with Gasteiger partial charge in [-0.2, -0.15) is 0 Å². The molecule has 1 atom stereocenters. The monoisotopic (exact) mass is 608 g/mol. The normalized spacial score (nSPS) is 17.8. The first-order valence-electron chi connectivity index (χ1n) is 14.9. The van der Waals surface area contributed by atoms with E-state index in [1.165, 1.54) is 11.0 Å². The van der Waals surface area contributed by atoms with Gasteiger partial charge in [0.15, 0.2) is 11.5 Å². The van der Waals surface area contributed by atoms with Crippen LogP contribution in [0.2, 0.25) is 0 Å². The fourth-order valence-electron chi connectivity index (χ4n) is 6.02. The van der Waals surface area contributed by atoms with Gasteiger partial charge < -0.3 is 29.4 Å². The summed E-state index contributed by atoms with van der Waals surface area (Å²) in [5, 5.41) is 14.4. The number of hydrogen-bond donors (Lipinski definition) is 2. The van der Waals surface area contributed by atoms with E-state index in [4.69, 9.17) is 18.9 Å². The third-order valence-electron chi connectivity index (χ3n) is 8.21. The second-order valence-corrected chi connectivity index (χ2v) is 12.3. The predicted octanol–water partition coefficient (Wildman–Crippen LogP) is 7.24. The molecule has 4 aromatic rings. The molecule has 4 aromatic carbocycles. The molecule has 230 valence electrons. The minimum absolute atomic E-state index is 0.0176. The summed E-state index contributed by atoms with van der Waals surface area (Å²) in [6.07, 6.45) is 0.549. The number of allylic oxidation sites excluding steroid dienone is 1. The second-order valence-electron chi connectivity index (χ2n) is 12.3. The summed E-state index contributed by atoms with van der Waals surface area (Å²) in [5.74, 6) is 1.07. The van der Waals surface area contributed by atoms with Crippen molar-refractivity contribution in [1.82, 2.24) is 0 Å². The van der Waals surface area contributed by atoms with Crippen molar-refractivity contribution in [2.24, 2.45) is 5.41 Å². The molecule has 8 nitrogen and oxygen atoms in total. The lowest BCUT2D eigenvalue weighted by Crippen LogP contribution is -2.39. The van der Waals surface area contributed by atoms with Crippen LogP contribution in [-0.4, -0.2) is 24.4 Å². The van der Waals surface area contributed by atoms with Crippen LogP contribution in [0.4, 0.5) is 15.8 Å². The van der Waals surface area contributed by atoms with Gasteiger partial charge in [-0.3, -0.25) is 9.69 Å². The van der Waals surface area contributed by atoms with E-state index in [0.29, 0.717) is 58.7 Å². The maximum Gasteiger partial charge on any atom is 0.232 e. The van der Waals surface area contributed by atoms with Crippen molar-refractivity contribution in [3.63, 3.8) is 0 Å². The molecule has 1 amide bonds. The Morgan fingerprint density at radius 3 is 2.62 bits per heavy atom. The quantitative estimate of drug-likeness (QED) is 0.223. The molecule has 2 N–H and O–H groups in total. The maximum atomic E-state index is 16.3. The average Bonchev–Trinajstić information content (AvgIpc) is 3.43. The SMILES string of the molecule is CC1(C)COC2=C(C1)Nc1c(O)cccc1N(C(=O)Cc1ccc3c(c1)OCO3)C2c1ccc(OCc2ccccc2)cc1F. The number of benzene rings is 4. The number of rotatable bonds is 6. The van der Waals surface area contributed by atoms with Crippen molar-refractivity contribution in [2.45, 2.75) is 39.3 Å². The van der Waals surface area contributed by atoms with Gasteiger partial charge in [-0.05, 0) is 53.9 Å². The lowest BCUT2D eigenvalue weighted by atomic mass is 9.85. The molecule has 45 heavy (non-hydrogen) atoms. The highest BCUT2D eigenvalue weighted by molar-refractivity contribution is 6.01. The number of carbonyl (C=O) groups excluding carboxylic acids is 1. The van der Waals surface area contributed by atoms with Gasteiger partial charge in [-0.1, -0.05) is 56.3 Å². The topological polar surface area (TPSA) is 89.5 Å². The summed E-state index contributed by atoms with van der Waals surface area (Å²) < 4.78 is 39.6. The van der Waals surface area contributed by atoms with E-state index in [0.717, 1.165) is 5.56 Å². The predicted molar refractivity (Wildman–Crippen MR) is 167 cm³/mol. The lowest BCUT2D eigenvalue weighted by molar-refractivity contribution is -0.118. The number of carbonyl (C=O) groups is 1. The number of ether oxygens (including phenoxy) is 4. The van der Waals surface area contributed by atoms with Crippen LogP contribution in [0.5, 0.6) is 23.0 Å². The molecule has 0 fully saturated rings. The molecule has 9 heteroatoms. The van der Waals surface area contributed by atoms with Gasteiger partial charge in [0, 0.05) is 17.0 Å². The highest BCUT2D eigenvalue weighted by Gasteiger charge is 2.42. The Morgan fingerprint density at radius 2 is 1.80 bits per heavy atom. The number of phenols is 1. The van der Waals surface area contributed by atoms with Gasteiger partial charge >= 0.3 is 0 Å². The molecule has 0 radical (unpaired) electrons. The lowest BCUT2D eigenvalue weighted by Gasteiger charge is -2.38. The van der Waals surface area contributed by atoms with E-state index < -0.39 is 11.9 Å². The number of anilines is 2. The molecule has 1 unspecified atom stereocenters. The van der Waals surface area contributed by atoms with Crippen LogP contribution in [0.25, 0.3) is 0 Å². The van der Waals surface area contributed by atoms with Gasteiger partial charge in [0.2, 0.25) is 12.7 Å². The zero-order valence-corrected chi connectivity index (χ0v) is 25.0. The van der Waals surface area contributed by atoms with Crippen molar-refractivity contribution in [3.8, 4) is 23.0 Å². The number of amides is 1. The molecule has 3 aliphatic heterocycles. The third-order valence-corrected chi connectivity index (χ3v) is 8.21. The number of para-hydroxylation sites is 1. The van der Waals surface area contributed by atoms with Crippen LogP contribution in [0.1, 0.15) is 43.0 Å². The number of fused-ring (bicyclic) bond motifs is 2. The first-order valence-corrected chi connectivity index (χ1v) is 14.9. The minimum atomic E-state index is -0.962. The zero-order valence-electron chi connectivity index (χ0n) is 25.0. The summed E-state index contributed by atoms with van der Waals surface area (Å²) in [6.45, 7) is 4.93. The third kappa shape index (κ3) is 5.61. The van der Waals surface area contributed by atoms with Crippen LogP contribution >= 0.6 is 0 Å². The van der Waals surface area contributed by atoms with E-state index >= 15 is 4.39 Å². The van der Waals surface area contributed by atoms with Crippen molar-refractivity contribution >= 4 is 17.3 Å². The van der Waals surface area contributed by atoms with Gasteiger partial charge in [0.1, 0.15) is 41.4 Å². The second kappa shape index (κ2) is 11.4. The number of halogens is 1. The van der Waals surface area contributed by atoms with Crippen molar-refractivity contribution in [3.05, 3.63) is 119 Å². The average molecular weight is 609 g/mol. The molecule has 3 aliphatic rings. The Bertz CT molecular complexity index is 1800. The van der Waals surface area contributed by atoms with Crippen molar-refractivity contribution < 1.29 is 33.2 Å². The number of phenolic OH excluding ortho intramolecular Hbond substituents is 1. The summed E-state index contributed by atoms with van der Waals surface area (Å²) >= 11 is 0. The Morgan fingerprint density at radius 1 is 0.978 bits per heavy atom. The molecule has 0 aromatic heterocycles. The van der Waals surface area contributed by atoms with Gasteiger partial charge in [-0.25, -0.2) is 4.39 Å². The number of nitrogens with one attached hydrogen (secondary N) is 1. The summed E-state index contributed by atoms with van der Waals surface area (Å²) in [4.78, 5) is 16.0. The summed E-state index contributed by atoms with van der Waals surface area (Å²) in [6, 6.07) is 23.7. The van der Waals surface area contributed by atoms with Gasteiger partial charge in [0.05, 0.1) is 24.4 Å². The Labute approximate surface area is 260 Å². The fourth-order valence-corrected chi connectivity index (χ4v) is 6.02.